The van der Waals surface area contributed by atoms with Gasteiger partial charge in [-0.3, -0.25) is 4.79 Å². The standard InChI is InChI=1S/C18H14FN3O3S/c1-2-25-18(24)12-5-9-14(10-6-12)20-17(23)16-15(21-22-26-16)11-3-7-13(19)8-4-11/h3-10H,2H2,1H3,(H,20,23). The lowest BCUT2D eigenvalue weighted by Gasteiger charge is -2.06. The van der Waals surface area contributed by atoms with E-state index in [1.54, 1.807) is 31.2 Å². The van der Waals surface area contributed by atoms with Crippen LogP contribution in [-0.2, 0) is 4.74 Å². The molecule has 0 radical (unpaired) electrons. The minimum Gasteiger partial charge on any atom is -0.462 e. The molecule has 1 amide bonds. The van der Waals surface area contributed by atoms with Crippen molar-refractivity contribution in [2.45, 2.75) is 6.92 Å². The topological polar surface area (TPSA) is 81.2 Å². The molecule has 1 N–H and O–H groups in total. The van der Waals surface area contributed by atoms with Crippen LogP contribution in [0.15, 0.2) is 48.5 Å². The Morgan fingerprint density at radius 2 is 1.81 bits per heavy atom. The number of amides is 1. The van der Waals surface area contributed by atoms with E-state index in [4.69, 9.17) is 4.74 Å². The van der Waals surface area contributed by atoms with Crippen molar-refractivity contribution < 1.29 is 18.7 Å². The van der Waals surface area contributed by atoms with Crippen molar-refractivity contribution in [3.63, 3.8) is 0 Å². The molecule has 1 aromatic heterocycles. The highest BCUT2D eigenvalue weighted by Gasteiger charge is 2.18. The van der Waals surface area contributed by atoms with Gasteiger partial charge < -0.3 is 10.1 Å². The fourth-order valence-corrected chi connectivity index (χ4v) is 2.81. The largest absolute Gasteiger partial charge is 0.462 e. The Morgan fingerprint density at radius 1 is 1.12 bits per heavy atom. The molecule has 1 heterocycles. The van der Waals surface area contributed by atoms with Crippen LogP contribution in [-0.4, -0.2) is 28.1 Å². The normalized spacial score (nSPS) is 10.4. The van der Waals surface area contributed by atoms with Gasteiger partial charge in [-0.25, -0.2) is 9.18 Å². The van der Waals surface area contributed by atoms with Gasteiger partial charge in [-0.1, -0.05) is 4.49 Å². The predicted octanol–water partition coefficient (Wildman–Crippen LogP) is 3.77. The van der Waals surface area contributed by atoms with E-state index in [9.17, 15) is 14.0 Å². The Balaban J connectivity index is 1.76. The first-order chi connectivity index (χ1) is 12.6. The first-order valence-electron chi connectivity index (χ1n) is 7.75. The van der Waals surface area contributed by atoms with Gasteiger partial charge in [-0.15, -0.1) is 5.10 Å². The van der Waals surface area contributed by atoms with Gasteiger partial charge >= 0.3 is 5.97 Å². The summed E-state index contributed by atoms with van der Waals surface area (Å²) in [5, 5.41) is 6.69. The number of esters is 1. The lowest BCUT2D eigenvalue weighted by Crippen LogP contribution is -2.12. The highest BCUT2D eigenvalue weighted by Crippen LogP contribution is 2.25. The van der Waals surface area contributed by atoms with Gasteiger partial charge in [0.05, 0.1) is 12.2 Å². The minimum absolute atomic E-state index is 0.294. The third-order valence-electron chi connectivity index (χ3n) is 3.47. The fraction of sp³-hybridized carbons (Fsp3) is 0.111. The zero-order valence-electron chi connectivity index (χ0n) is 13.7. The van der Waals surface area contributed by atoms with Crippen molar-refractivity contribution in [2.24, 2.45) is 0 Å². The molecule has 0 bridgehead atoms. The molecule has 0 spiro atoms. The van der Waals surface area contributed by atoms with Crippen molar-refractivity contribution in [3.05, 3.63) is 64.8 Å². The Kier molecular flexibility index (Phi) is 5.33. The molecule has 0 fully saturated rings. The number of nitrogens with zero attached hydrogens (tertiary/aromatic N) is 2. The maximum Gasteiger partial charge on any atom is 0.338 e. The second kappa shape index (κ2) is 7.83. The van der Waals surface area contributed by atoms with Crippen LogP contribution in [0.2, 0.25) is 0 Å². The molecule has 0 saturated carbocycles. The third-order valence-corrected chi connectivity index (χ3v) is 4.19. The number of hydrogen-bond donors (Lipinski definition) is 1. The summed E-state index contributed by atoms with van der Waals surface area (Å²) in [6.45, 7) is 2.02. The highest BCUT2D eigenvalue weighted by atomic mass is 32.1. The van der Waals surface area contributed by atoms with E-state index in [2.05, 4.69) is 14.9 Å². The second-order valence-corrected chi connectivity index (χ2v) is 5.96. The predicted molar refractivity (Wildman–Crippen MR) is 95.7 cm³/mol. The van der Waals surface area contributed by atoms with Gasteiger partial charge in [0.25, 0.3) is 5.91 Å². The van der Waals surface area contributed by atoms with Crippen LogP contribution in [0.3, 0.4) is 0 Å². The van der Waals surface area contributed by atoms with Crippen LogP contribution in [0, 0.1) is 5.82 Å². The number of rotatable bonds is 5. The number of benzene rings is 2. The molecule has 132 valence electrons. The smallest absolute Gasteiger partial charge is 0.338 e. The lowest BCUT2D eigenvalue weighted by atomic mass is 10.1. The summed E-state index contributed by atoms with van der Waals surface area (Å²) < 4.78 is 21.8. The average Bonchev–Trinajstić information content (AvgIpc) is 3.13. The molecule has 0 aliphatic heterocycles. The van der Waals surface area contributed by atoms with E-state index < -0.39 is 5.97 Å². The molecule has 0 unspecified atom stereocenters. The van der Waals surface area contributed by atoms with Crippen molar-refractivity contribution >= 4 is 29.1 Å². The number of anilines is 1. The van der Waals surface area contributed by atoms with Crippen LogP contribution in [0.25, 0.3) is 11.3 Å². The van der Waals surface area contributed by atoms with Crippen molar-refractivity contribution in [1.29, 1.82) is 0 Å². The Morgan fingerprint density at radius 3 is 2.46 bits per heavy atom. The minimum atomic E-state index is -0.421. The van der Waals surface area contributed by atoms with E-state index in [1.165, 1.54) is 24.3 Å². The summed E-state index contributed by atoms with van der Waals surface area (Å²) in [6, 6.07) is 12.0. The summed E-state index contributed by atoms with van der Waals surface area (Å²) in [4.78, 5) is 24.5. The van der Waals surface area contributed by atoms with Crippen molar-refractivity contribution in [3.8, 4) is 11.3 Å². The summed E-state index contributed by atoms with van der Waals surface area (Å²) in [7, 11) is 0. The van der Waals surface area contributed by atoms with Crippen molar-refractivity contribution in [2.75, 3.05) is 11.9 Å². The summed E-state index contributed by atoms with van der Waals surface area (Å²) in [5.74, 6) is -1.18. The van der Waals surface area contributed by atoms with Crippen LogP contribution in [0.1, 0.15) is 27.0 Å². The maximum absolute atomic E-state index is 13.1. The van der Waals surface area contributed by atoms with Gasteiger partial charge in [0, 0.05) is 11.3 Å². The summed E-state index contributed by atoms with van der Waals surface area (Å²) >= 11 is 0.950. The molecule has 0 aliphatic carbocycles. The number of carbonyl (C=O) groups excluding carboxylic acids is 2. The average molecular weight is 371 g/mol. The molecular formula is C18H14FN3O3S. The van der Waals surface area contributed by atoms with Crippen LogP contribution in [0.4, 0.5) is 10.1 Å². The highest BCUT2D eigenvalue weighted by molar-refractivity contribution is 7.08. The SMILES string of the molecule is CCOC(=O)c1ccc(NC(=O)c2snnc2-c2ccc(F)cc2)cc1. The molecule has 3 rings (SSSR count). The molecule has 2 aromatic carbocycles. The van der Waals surface area contributed by atoms with E-state index in [-0.39, 0.29) is 11.7 Å². The summed E-state index contributed by atoms with van der Waals surface area (Å²) in [6.07, 6.45) is 0. The molecule has 0 aliphatic rings. The molecular weight excluding hydrogens is 357 g/mol. The zero-order valence-corrected chi connectivity index (χ0v) is 14.5. The summed E-state index contributed by atoms with van der Waals surface area (Å²) in [5.41, 5.74) is 1.90. The Labute approximate surface area is 152 Å². The maximum atomic E-state index is 13.1. The van der Waals surface area contributed by atoms with Gasteiger partial charge in [0.2, 0.25) is 0 Å². The molecule has 26 heavy (non-hydrogen) atoms. The number of carbonyl (C=O) groups is 2. The van der Waals surface area contributed by atoms with Gasteiger partial charge in [0.1, 0.15) is 16.4 Å². The molecule has 0 atom stereocenters. The molecule has 8 heteroatoms. The quantitative estimate of drug-likeness (QED) is 0.691. The molecule has 6 nitrogen and oxygen atoms in total. The van der Waals surface area contributed by atoms with Gasteiger partial charge in [-0.2, -0.15) is 0 Å². The Hall–Kier alpha value is -3.13. The fourth-order valence-electron chi connectivity index (χ4n) is 2.23. The van der Waals surface area contributed by atoms with Crippen LogP contribution >= 0.6 is 11.5 Å². The third kappa shape index (κ3) is 3.92. The second-order valence-electron chi connectivity index (χ2n) is 5.21. The van der Waals surface area contributed by atoms with E-state index in [1.807, 2.05) is 0 Å². The zero-order chi connectivity index (χ0) is 18.5. The van der Waals surface area contributed by atoms with Gasteiger partial charge in [-0.05, 0) is 67.0 Å². The van der Waals surface area contributed by atoms with E-state index >= 15 is 0 Å². The number of aromatic nitrogens is 2. The first kappa shape index (κ1) is 17.7. The number of nitrogens with one attached hydrogen (secondary N) is 1. The number of hydrogen-bond acceptors (Lipinski definition) is 6. The van der Waals surface area contributed by atoms with Gasteiger partial charge in [0.15, 0.2) is 0 Å². The van der Waals surface area contributed by atoms with Crippen LogP contribution < -0.4 is 5.32 Å². The molecule has 0 saturated heterocycles. The number of halogens is 1. The molecule has 3 aromatic rings. The number of ether oxygens (including phenoxy) is 1. The monoisotopic (exact) mass is 371 g/mol. The van der Waals surface area contributed by atoms with Crippen molar-refractivity contribution in [1.82, 2.24) is 9.59 Å². The van der Waals surface area contributed by atoms with Crippen LogP contribution in [0.5, 0.6) is 0 Å². The first-order valence-corrected chi connectivity index (χ1v) is 8.52. The van der Waals surface area contributed by atoms with E-state index in [0.717, 1.165) is 11.5 Å². The lowest BCUT2D eigenvalue weighted by molar-refractivity contribution is 0.0526. The Bertz CT molecular complexity index is 924. The van der Waals surface area contributed by atoms with E-state index in [0.29, 0.717) is 34.0 Å².